The first kappa shape index (κ1) is 14.3. The van der Waals surface area contributed by atoms with Gasteiger partial charge in [0.15, 0.2) is 11.5 Å². The molecule has 5 nitrogen and oxygen atoms in total. The number of likely N-dealkylation sites (tertiary alicyclic amines) is 1. The lowest BCUT2D eigenvalue weighted by atomic mass is 9.94. The summed E-state index contributed by atoms with van der Waals surface area (Å²) in [5.41, 5.74) is 0.389. The topological polar surface area (TPSA) is 64.8 Å². The van der Waals surface area contributed by atoms with Gasteiger partial charge in [-0.15, -0.1) is 0 Å². The third kappa shape index (κ3) is 3.51. The summed E-state index contributed by atoms with van der Waals surface area (Å²) in [5.74, 6) is 1.27. The second-order valence-electron chi connectivity index (χ2n) is 6.19. The zero-order valence-electron chi connectivity index (χ0n) is 12.5. The summed E-state index contributed by atoms with van der Waals surface area (Å²) in [5, 5.41) is 12.3. The van der Waals surface area contributed by atoms with Crippen LogP contribution in [0, 0.1) is 17.2 Å². The molecule has 112 valence electrons. The maximum absolute atomic E-state index is 9.02. The Morgan fingerprint density at radius 3 is 2.81 bits per heavy atom. The van der Waals surface area contributed by atoms with Crippen molar-refractivity contribution in [3.8, 4) is 6.07 Å². The van der Waals surface area contributed by atoms with Crippen molar-refractivity contribution in [2.45, 2.75) is 44.6 Å². The molecule has 5 heteroatoms. The Bertz CT molecular complexity index is 504. The van der Waals surface area contributed by atoms with E-state index in [-0.39, 0.29) is 0 Å². The van der Waals surface area contributed by atoms with Gasteiger partial charge in [-0.05, 0) is 31.7 Å². The van der Waals surface area contributed by atoms with E-state index in [1.165, 1.54) is 51.6 Å². The number of hydrogen-bond acceptors (Lipinski definition) is 5. The number of nitrogens with zero attached hydrogens (tertiary/aromatic N) is 4. The largest absolute Gasteiger partial charge is 0.367 e. The molecule has 2 heterocycles. The highest BCUT2D eigenvalue weighted by Crippen LogP contribution is 2.27. The van der Waals surface area contributed by atoms with Crippen molar-refractivity contribution in [1.82, 2.24) is 14.9 Å². The van der Waals surface area contributed by atoms with Gasteiger partial charge in [0.1, 0.15) is 6.07 Å². The average molecular weight is 285 g/mol. The third-order valence-electron chi connectivity index (χ3n) is 4.77. The van der Waals surface area contributed by atoms with E-state index in [9.17, 15) is 0 Å². The van der Waals surface area contributed by atoms with E-state index in [2.05, 4.69) is 26.3 Å². The molecule has 0 amide bonds. The van der Waals surface area contributed by atoms with Crippen molar-refractivity contribution in [3.63, 3.8) is 0 Å². The van der Waals surface area contributed by atoms with E-state index in [0.717, 1.165) is 12.6 Å². The number of nitriles is 1. The first-order valence-corrected chi connectivity index (χ1v) is 8.06. The predicted molar refractivity (Wildman–Crippen MR) is 81.8 cm³/mol. The molecule has 2 aliphatic rings. The summed E-state index contributed by atoms with van der Waals surface area (Å²) in [6.45, 7) is 3.29. The number of rotatable bonds is 4. The molecule has 1 aliphatic heterocycles. The smallest absolute Gasteiger partial charge is 0.182 e. The van der Waals surface area contributed by atoms with Crippen LogP contribution < -0.4 is 5.32 Å². The lowest BCUT2D eigenvalue weighted by Gasteiger charge is -2.31. The molecular weight excluding hydrogens is 262 g/mol. The summed E-state index contributed by atoms with van der Waals surface area (Å²) in [4.78, 5) is 10.9. The van der Waals surface area contributed by atoms with Crippen LogP contribution in [-0.2, 0) is 0 Å². The molecule has 0 aromatic carbocycles. The SMILES string of the molecule is N#Cc1nccnc1NC[C@@H]1CCN(C2CCCCC2)C1. The molecule has 1 aromatic rings. The summed E-state index contributed by atoms with van der Waals surface area (Å²) < 4.78 is 0. The lowest BCUT2D eigenvalue weighted by molar-refractivity contribution is 0.186. The summed E-state index contributed by atoms with van der Waals surface area (Å²) in [6, 6.07) is 2.90. The minimum atomic E-state index is 0.389. The minimum absolute atomic E-state index is 0.389. The molecule has 1 atom stereocenters. The van der Waals surface area contributed by atoms with Gasteiger partial charge in [0.2, 0.25) is 0 Å². The third-order valence-corrected chi connectivity index (χ3v) is 4.77. The molecular formula is C16H23N5. The number of hydrogen-bond donors (Lipinski definition) is 1. The van der Waals surface area contributed by atoms with Crippen LogP contribution in [0.5, 0.6) is 0 Å². The van der Waals surface area contributed by atoms with E-state index in [1.807, 2.05) is 0 Å². The first-order valence-electron chi connectivity index (χ1n) is 8.06. The van der Waals surface area contributed by atoms with Crippen molar-refractivity contribution in [2.75, 3.05) is 25.0 Å². The highest BCUT2D eigenvalue weighted by Gasteiger charge is 2.28. The van der Waals surface area contributed by atoms with Gasteiger partial charge in [0.05, 0.1) is 0 Å². The van der Waals surface area contributed by atoms with Crippen molar-refractivity contribution in [3.05, 3.63) is 18.1 Å². The van der Waals surface area contributed by atoms with Gasteiger partial charge in [-0.2, -0.15) is 5.26 Å². The molecule has 0 unspecified atom stereocenters. The molecule has 2 fully saturated rings. The van der Waals surface area contributed by atoms with Gasteiger partial charge in [0.25, 0.3) is 0 Å². The highest BCUT2D eigenvalue weighted by atomic mass is 15.2. The van der Waals surface area contributed by atoms with E-state index in [4.69, 9.17) is 5.26 Å². The molecule has 21 heavy (non-hydrogen) atoms. The van der Waals surface area contributed by atoms with Crippen molar-refractivity contribution in [2.24, 2.45) is 5.92 Å². The van der Waals surface area contributed by atoms with E-state index in [0.29, 0.717) is 17.4 Å². The lowest BCUT2D eigenvalue weighted by Crippen LogP contribution is -2.35. The zero-order valence-corrected chi connectivity index (χ0v) is 12.5. The van der Waals surface area contributed by atoms with Crippen LogP contribution >= 0.6 is 0 Å². The van der Waals surface area contributed by atoms with Crippen LogP contribution in [0.4, 0.5) is 5.82 Å². The Morgan fingerprint density at radius 1 is 1.19 bits per heavy atom. The van der Waals surface area contributed by atoms with Crippen molar-refractivity contribution in [1.29, 1.82) is 5.26 Å². The molecule has 0 spiro atoms. The molecule has 1 saturated carbocycles. The predicted octanol–water partition coefficient (Wildman–Crippen LogP) is 2.41. The van der Waals surface area contributed by atoms with Gasteiger partial charge in [-0.25, -0.2) is 9.97 Å². The van der Waals surface area contributed by atoms with Crippen molar-refractivity contribution >= 4 is 5.82 Å². The number of anilines is 1. The average Bonchev–Trinajstić information content (AvgIpc) is 3.03. The Kier molecular flexibility index (Phi) is 4.66. The second-order valence-corrected chi connectivity index (χ2v) is 6.19. The Balaban J connectivity index is 1.50. The van der Waals surface area contributed by atoms with Crippen molar-refractivity contribution < 1.29 is 0 Å². The fraction of sp³-hybridized carbons (Fsp3) is 0.688. The van der Waals surface area contributed by atoms with Crippen LogP contribution in [0.1, 0.15) is 44.2 Å². The fourth-order valence-corrected chi connectivity index (χ4v) is 3.60. The highest BCUT2D eigenvalue weighted by molar-refractivity contribution is 5.46. The first-order chi connectivity index (χ1) is 10.4. The van der Waals surface area contributed by atoms with Gasteiger partial charge >= 0.3 is 0 Å². The maximum atomic E-state index is 9.02. The molecule has 1 N–H and O–H groups in total. The Morgan fingerprint density at radius 2 is 2.00 bits per heavy atom. The zero-order chi connectivity index (χ0) is 14.5. The van der Waals surface area contributed by atoms with E-state index >= 15 is 0 Å². The molecule has 1 aliphatic carbocycles. The summed E-state index contributed by atoms with van der Waals surface area (Å²) in [6.07, 6.45) is 11.4. The Hall–Kier alpha value is -1.67. The van der Waals surface area contributed by atoms with Gasteiger partial charge in [0, 0.05) is 31.5 Å². The van der Waals surface area contributed by atoms with Crippen LogP contribution in [0.2, 0.25) is 0 Å². The van der Waals surface area contributed by atoms with Crippen LogP contribution in [0.3, 0.4) is 0 Å². The van der Waals surface area contributed by atoms with Gasteiger partial charge in [-0.3, -0.25) is 0 Å². The number of nitrogens with one attached hydrogen (secondary N) is 1. The van der Waals surface area contributed by atoms with E-state index < -0.39 is 0 Å². The summed E-state index contributed by atoms with van der Waals surface area (Å²) >= 11 is 0. The normalized spacial score (nSPS) is 23.9. The monoisotopic (exact) mass is 285 g/mol. The van der Waals surface area contributed by atoms with E-state index in [1.54, 1.807) is 12.4 Å². The molecule has 1 saturated heterocycles. The van der Waals surface area contributed by atoms with Crippen LogP contribution in [0.15, 0.2) is 12.4 Å². The fourth-order valence-electron chi connectivity index (χ4n) is 3.60. The minimum Gasteiger partial charge on any atom is -0.367 e. The maximum Gasteiger partial charge on any atom is 0.182 e. The molecule has 0 radical (unpaired) electrons. The molecule has 1 aromatic heterocycles. The van der Waals surface area contributed by atoms with Crippen LogP contribution in [0.25, 0.3) is 0 Å². The van der Waals surface area contributed by atoms with Gasteiger partial charge in [-0.1, -0.05) is 19.3 Å². The standard InChI is InChI=1S/C16H23N5/c17-10-15-16(19-8-7-18-15)20-11-13-6-9-21(12-13)14-4-2-1-3-5-14/h7-8,13-14H,1-6,9,11-12H2,(H,19,20)/t13-/m0/s1. The second kappa shape index (κ2) is 6.86. The van der Waals surface area contributed by atoms with Crippen LogP contribution in [-0.4, -0.2) is 40.5 Å². The summed E-state index contributed by atoms with van der Waals surface area (Å²) in [7, 11) is 0. The number of aromatic nitrogens is 2. The quantitative estimate of drug-likeness (QED) is 0.920. The molecule has 3 rings (SSSR count). The molecule has 0 bridgehead atoms. The van der Waals surface area contributed by atoms with Gasteiger partial charge < -0.3 is 10.2 Å². The Labute approximate surface area is 126 Å².